The molecule has 0 amide bonds. The van der Waals surface area contributed by atoms with E-state index in [1.807, 2.05) is 0 Å². The molecule has 18 heavy (non-hydrogen) atoms. The van der Waals surface area contributed by atoms with Crippen LogP contribution in [0.2, 0.25) is 0 Å². The first-order chi connectivity index (χ1) is 8.41. The van der Waals surface area contributed by atoms with Gasteiger partial charge in [-0.15, -0.1) is 0 Å². The fourth-order valence-corrected chi connectivity index (χ4v) is 1.48. The highest BCUT2D eigenvalue weighted by molar-refractivity contribution is 7.80. The van der Waals surface area contributed by atoms with Crippen LogP contribution in [-0.2, 0) is 0 Å². The quantitative estimate of drug-likeness (QED) is 0.255. The van der Waals surface area contributed by atoms with Crippen LogP contribution >= 0.6 is 12.6 Å². The lowest BCUT2D eigenvalue weighted by molar-refractivity contribution is 0.455. The van der Waals surface area contributed by atoms with E-state index in [0.29, 0.717) is 18.7 Å². The maximum atomic E-state index is 13.5. The Hall–Kier alpha value is -1.37. The number of nitrogens with one attached hydrogen (secondary N) is 1. The molecule has 1 aromatic carbocycles. The first kappa shape index (κ1) is 14.7. The molecule has 0 bridgehead atoms. The van der Waals surface area contributed by atoms with Gasteiger partial charge in [-0.1, -0.05) is 6.58 Å². The summed E-state index contributed by atoms with van der Waals surface area (Å²) in [5, 5.41) is 2.56. The molecule has 0 unspecified atom stereocenters. The average Bonchev–Trinajstić information content (AvgIpc) is 2.34. The van der Waals surface area contributed by atoms with Crippen LogP contribution in [0, 0.1) is 23.3 Å². The molecule has 0 spiro atoms. The molecule has 0 heterocycles. The first-order valence-electron chi connectivity index (χ1n) is 5.07. The summed E-state index contributed by atoms with van der Waals surface area (Å²) in [5.41, 5.74) is 2.58. The van der Waals surface area contributed by atoms with Crippen LogP contribution in [0.5, 0.6) is 0 Å². The van der Waals surface area contributed by atoms with Crippen LogP contribution in [0.25, 0.3) is 5.70 Å². The molecular formula is C11H12F4N2S. The van der Waals surface area contributed by atoms with Gasteiger partial charge in [0.1, 0.15) is 5.69 Å². The van der Waals surface area contributed by atoms with E-state index in [9.17, 15) is 17.6 Å². The molecule has 2 nitrogen and oxygen atoms in total. The molecule has 0 atom stereocenters. The lowest BCUT2D eigenvalue weighted by Crippen LogP contribution is -2.17. The molecule has 0 fully saturated rings. The van der Waals surface area contributed by atoms with Crippen molar-refractivity contribution in [2.75, 3.05) is 18.0 Å². The highest BCUT2D eigenvalue weighted by Gasteiger charge is 2.25. The van der Waals surface area contributed by atoms with Crippen molar-refractivity contribution in [1.82, 2.24) is 5.32 Å². The Morgan fingerprint density at radius 1 is 1.11 bits per heavy atom. The number of benzene rings is 1. The van der Waals surface area contributed by atoms with Gasteiger partial charge in [0.25, 0.3) is 0 Å². The summed E-state index contributed by atoms with van der Waals surface area (Å²) >= 11 is 3.94. The summed E-state index contributed by atoms with van der Waals surface area (Å²) in [6.07, 6.45) is 0.602. The van der Waals surface area contributed by atoms with Gasteiger partial charge in [-0.05, 0) is 12.2 Å². The van der Waals surface area contributed by atoms with Crippen LogP contribution in [0.15, 0.2) is 6.58 Å². The molecule has 0 radical (unpaired) electrons. The van der Waals surface area contributed by atoms with E-state index in [4.69, 9.17) is 5.73 Å². The second-order valence-corrected chi connectivity index (χ2v) is 3.97. The molecular weight excluding hydrogens is 268 g/mol. The fourth-order valence-electron chi connectivity index (χ4n) is 1.32. The van der Waals surface area contributed by atoms with E-state index in [2.05, 4.69) is 24.5 Å². The van der Waals surface area contributed by atoms with Crippen LogP contribution < -0.4 is 11.1 Å². The minimum Gasteiger partial charge on any atom is -0.394 e. The Bertz CT molecular complexity index is 448. The van der Waals surface area contributed by atoms with Crippen molar-refractivity contribution < 1.29 is 17.6 Å². The average molecular weight is 280 g/mol. The Morgan fingerprint density at radius 2 is 1.61 bits per heavy atom. The minimum atomic E-state index is -1.62. The fraction of sp³-hybridized carbons (Fsp3) is 0.273. The normalized spacial score (nSPS) is 10.5. The number of nitrogen functional groups attached to an aromatic ring is 1. The van der Waals surface area contributed by atoms with Crippen molar-refractivity contribution in [3.63, 3.8) is 0 Å². The molecule has 0 saturated carbocycles. The third-order valence-electron chi connectivity index (χ3n) is 2.27. The molecule has 0 saturated heterocycles. The van der Waals surface area contributed by atoms with Gasteiger partial charge in [0.2, 0.25) is 0 Å². The van der Waals surface area contributed by atoms with Crippen LogP contribution in [0.1, 0.15) is 12.0 Å². The Labute approximate surface area is 107 Å². The number of hydrogen-bond acceptors (Lipinski definition) is 3. The summed E-state index contributed by atoms with van der Waals surface area (Å²) < 4.78 is 53.4. The van der Waals surface area contributed by atoms with Crippen molar-refractivity contribution in [2.45, 2.75) is 6.42 Å². The lowest BCUT2D eigenvalue weighted by Gasteiger charge is -2.13. The number of hydrogen-bond donors (Lipinski definition) is 3. The van der Waals surface area contributed by atoms with Crippen molar-refractivity contribution in [2.24, 2.45) is 0 Å². The third kappa shape index (κ3) is 2.72. The van der Waals surface area contributed by atoms with Gasteiger partial charge in [0.15, 0.2) is 23.3 Å². The monoisotopic (exact) mass is 280 g/mol. The van der Waals surface area contributed by atoms with Gasteiger partial charge in [-0.25, -0.2) is 17.6 Å². The van der Waals surface area contributed by atoms with Gasteiger partial charge < -0.3 is 11.1 Å². The summed E-state index contributed by atoms with van der Waals surface area (Å²) in [6, 6.07) is 0. The van der Waals surface area contributed by atoms with E-state index < -0.39 is 34.5 Å². The molecule has 3 N–H and O–H groups in total. The number of anilines is 1. The molecule has 1 rings (SSSR count). The van der Waals surface area contributed by atoms with E-state index in [0.717, 1.165) is 0 Å². The highest BCUT2D eigenvalue weighted by Crippen LogP contribution is 2.28. The maximum absolute atomic E-state index is 13.5. The summed E-state index contributed by atoms with van der Waals surface area (Å²) in [6.45, 7) is 3.67. The van der Waals surface area contributed by atoms with Gasteiger partial charge >= 0.3 is 0 Å². The van der Waals surface area contributed by atoms with Crippen molar-refractivity contribution in [3.8, 4) is 0 Å². The summed E-state index contributed by atoms with van der Waals surface area (Å²) in [4.78, 5) is 0. The third-order valence-corrected chi connectivity index (χ3v) is 2.59. The van der Waals surface area contributed by atoms with Crippen LogP contribution in [-0.4, -0.2) is 12.3 Å². The second kappa shape index (κ2) is 5.99. The molecule has 0 aliphatic heterocycles. The highest BCUT2D eigenvalue weighted by atomic mass is 32.1. The van der Waals surface area contributed by atoms with E-state index in [1.165, 1.54) is 0 Å². The Morgan fingerprint density at radius 3 is 2.06 bits per heavy atom. The van der Waals surface area contributed by atoms with Crippen molar-refractivity contribution >= 4 is 24.0 Å². The van der Waals surface area contributed by atoms with Crippen LogP contribution in [0.3, 0.4) is 0 Å². The number of nitrogens with two attached hydrogens (primary N) is 1. The van der Waals surface area contributed by atoms with Gasteiger partial charge in [-0.2, -0.15) is 12.6 Å². The predicted molar refractivity (Wildman–Crippen MR) is 66.2 cm³/mol. The van der Waals surface area contributed by atoms with E-state index >= 15 is 0 Å². The first-order valence-corrected chi connectivity index (χ1v) is 5.70. The molecule has 7 heteroatoms. The summed E-state index contributed by atoms with van der Waals surface area (Å²) in [5.74, 6) is -5.82. The maximum Gasteiger partial charge on any atom is 0.185 e. The van der Waals surface area contributed by atoms with E-state index in [-0.39, 0.29) is 5.70 Å². The smallest absolute Gasteiger partial charge is 0.185 e. The number of rotatable bonds is 5. The van der Waals surface area contributed by atoms with Gasteiger partial charge in [0, 0.05) is 12.2 Å². The van der Waals surface area contributed by atoms with Gasteiger partial charge in [-0.3, -0.25) is 0 Å². The largest absolute Gasteiger partial charge is 0.394 e. The second-order valence-electron chi connectivity index (χ2n) is 3.53. The SMILES string of the molecule is C=C(NCCCS)c1c(F)c(F)c(N)c(F)c1F. The van der Waals surface area contributed by atoms with E-state index in [1.54, 1.807) is 0 Å². The van der Waals surface area contributed by atoms with Crippen molar-refractivity contribution in [1.29, 1.82) is 0 Å². The number of halogens is 4. The zero-order chi connectivity index (χ0) is 13.9. The topological polar surface area (TPSA) is 38.0 Å². The predicted octanol–water partition coefficient (Wildman–Crippen LogP) is 2.71. The molecule has 0 aromatic heterocycles. The zero-order valence-corrected chi connectivity index (χ0v) is 10.3. The molecule has 0 aliphatic rings. The minimum absolute atomic E-state index is 0.246. The lowest BCUT2D eigenvalue weighted by atomic mass is 10.1. The van der Waals surface area contributed by atoms with Crippen molar-refractivity contribution in [3.05, 3.63) is 35.4 Å². The molecule has 0 aliphatic carbocycles. The van der Waals surface area contributed by atoms with Gasteiger partial charge in [0.05, 0.1) is 5.56 Å². The Kier molecular flexibility index (Phi) is 4.89. The Balaban J connectivity index is 3.13. The number of thiol groups is 1. The van der Waals surface area contributed by atoms with Crippen LogP contribution in [0.4, 0.5) is 23.2 Å². The standard InChI is InChI=1S/C11H12F4N2S/c1-5(17-3-2-4-18)6-7(12)9(14)11(16)10(15)8(6)13/h17-18H,1-4,16H2. The molecule has 100 valence electrons. The molecule has 1 aromatic rings. The zero-order valence-electron chi connectivity index (χ0n) is 9.36. The summed E-state index contributed by atoms with van der Waals surface area (Å²) in [7, 11) is 0.